The van der Waals surface area contributed by atoms with Crippen LogP contribution in [0.2, 0.25) is 0 Å². The average molecular weight is 388 g/mol. The molecule has 0 unspecified atom stereocenters. The molecular formula is C20H21FN2O3S. The Kier molecular flexibility index (Phi) is 4.63. The molecule has 2 saturated carbocycles. The molecule has 3 atom stereocenters. The van der Waals surface area contributed by atoms with Crippen molar-refractivity contribution in [2.75, 3.05) is 4.72 Å². The lowest BCUT2D eigenvalue weighted by Crippen LogP contribution is -2.38. The van der Waals surface area contributed by atoms with Gasteiger partial charge in [-0.05, 0) is 73.6 Å². The second kappa shape index (κ2) is 6.96. The molecule has 0 aliphatic heterocycles. The zero-order valence-corrected chi connectivity index (χ0v) is 15.5. The van der Waals surface area contributed by atoms with Gasteiger partial charge in [0.1, 0.15) is 5.82 Å². The third-order valence-corrected chi connectivity index (χ3v) is 6.94. The Bertz CT molecular complexity index is 959. The number of fused-ring (bicyclic) bond motifs is 2. The Balaban J connectivity index is 1.49. The summed E-state index contributed by atoms with van der Waals surface area (Å²) in [4.78, 5) is 12.6. The molecule has 0 spiro atoms. The number of sulfonamides is 1. The van der Waals surface area contributed by atoms with E-state index in [-0.39, 0.29) is 22.5 Å². The van der Waals surface area contributed by atoms with Crippen LogP contribution in [-0.4, -0.2) is 20.4 Å². The van der Waals surface area contributed by atoms with Gasteiger partial charge in [0.05, 0.1) is 4.90 Å². The molecule has 1 amide bonds. The summed E-state index contributed by atoms with van der Waals surface area (Å²) in [5, 5.41) is 3.07. The van der Waals surface area contributed by atoms with Crippen LogP contribution in [0.1, 0.15) is 36.0 Å². The van der Waals surface area contributed by atoms with Crippen molar-refractivity contribution in [2.45, 2.75) is 36.6 Å². The molecule has 0 heterocycles. The second-order valence-corrected chi connectivity index (χ2v) is 9.08. The lowest BCUT2D eigenvalue weighted by Gasteiger charge is -2.23. The van der Waals surface area contributed by atoms with E-state index < -0.39 is 15.8 Å². The monoisotopic (exact) mass is 388 g/mol. The van der Waals surface area contributed by atoms with Gasteiger partial charge in [-0.2, -0.15) is 0 Å². The van der Waals surface area contributed by atoms with E-state index in [0.717, 1.165) is 12.8 Å². The van der Waals surface area contributed by atoms with Crippen LogP contribution in [0.15, 0.2) is 53.4 Å². The summed E-state index contributed by atoms with van der Waals surface area (Å²) >= 11 is 0. The Morgan fingerprint density at radius 1 is 1.04 bits per heavy atom. The van der Waals surface area contributed by atoms with Crippen LogP contribution in [0.25, 0.3) is 0 Å². The van der Waals surface area contributed by atoms with Crippen molar-refractivity contribution in [2.24, 2.45) is 11.8 Å². The molecule has 2 bridgehead atoms. The normalized spacial score (nSPS) is 24.0. The minimum Gasteiger partial charge on any atom is -0.349 e. The molecule has 2 aromatic rings. The predicted molar refractivity (Wildman–Crippen MR) is 100 cm³/mol. The largest absolute Gasteiger partial charge is 0.349 e. The molecule has 0 saturated heterocycles. The third-order valence-electron chi connectivity index (χ3n) is 5.56. The van der Waals surface area contributed by atoms with Crippen LogP contribution in [0.3, 0.4) is 0 Å². The van der Waals surface area contributed by atoms with Crippen LogP contribution in [0, 0.1) is 17.7 Å². The maximum Gasteiger partial charge on any atom is 0.261 e. The molecule has 27 heavy (non-hydrogen) atoms. The molecule has 5 nitrogen and oxygen atoms in total. The lowest BCUT2D eigenvalue weighted by molar-refractivity contribution is 0.0922. The van der Waals surface area contributed by atoms with Gasteiger partial charge in [0.2, 0.25) is 0 Å². The van der Waals surface area contributed by atoms with Crippen LogP contribution < -0.4 is 10.0 Å². The number of rotatable bonds is 5. The van der Waals surface area contributed by atoms with Gasteiger partial charge in [-0.3, -0.25) is 9.52 Å². The van der Waals surface area contributed by atoms with Crippen molar-refractivity contribution in [3.05, 3.63) is 59.9 Å². The number of carbonyl (C=O) groups is 1. The molecule has 0 aromatic heterocycles. The summed E-state index contributed by atoms with van der Waals surface area (Å²) < 4.78 is 40.5. The number of halogens is 1. The maximum atomic E-state index is 13.0. The highest BCUT2D eigenvalue weighted by atomic mass is 32.2. The van der Waals surface area contributed by atoms with Crippen LogP contribution >= 0.6 is 0 Å². The number of hydrogen-bond acceptors (Lipinski definition) is 3. The van der Waals surface area contributed by atoms with E-state index in [2.05, 4.69) is 10.0 Å². The van der Waals surface area contributed by atoms with Crippen molar-refractivity contribution in [3.8, 4) is 0 Å². The number of anilines is 1. The molecule has 4 rings (SSSR count). The number of nitrogens with one attached hydrogen (secondary N) is 2. The highest BCUT2D eigenvalue weighted by molar-refractivity contribution is 7.92. The molecule has 2 fully saturated rings. The molecule has 2 aromatic carbocycles. The van der Waals surface area contributed by atoms with E-state index in [4.69, 9.17) is 0 Å². The minimum absolute atomic E-state index is 0.00702. The summed E-state index contributed by atoms with van der Waals surface area (Å²) in [7, 11) is -3.87. The summed E-state index contributed by atoms with van der Waals surface area (Å²) in [6.07, 6.45) is 4.60. The fraction of sp³-hybridized carbons (Fsp3) is 0.350. The van der Waals surface area contributed by atoms with Gasteiger partial charge in [0.15, 0.2) is 0 Å². The third kappa shape index (κ3) is 3.83. The highest BCUT2D eigenvalue weighted by Gasteiger charge is 2.40. The first-order valence-corrected chi connectivity index (χ1v) is 10.6. The molecule has 2 aliphatic rings. The van der Waals surface area contributed by atoms with Gasteiger partial charge < -0.3 is 5.32 Å². The van der Waals surface area contributed by atoms with Crippen molar-refractivity contribution < 1.29 is 17.6 Å². The SMILES string of the molecule is O=C(N[C@H]1C[C@@H]2CC[C@@H]1C2)c1cccc(S(=O)(=O)Nc2ccc(F)cc2)c1. The number of amides is 1. The highest BCUT2D eigenvalue weighted by Crippen LogP contribution is 2.44. The molecule has 2 N–H and O–H groups in total. The average Bonchev–Trinajstić information content (AvgIpc) is 3.27. The van der Waals surface area contributed by atoms with Crippen LogP contribution in [-0.2, 0) is 10.0 Å². The Labute approximate surface area is 158 Å². The van der Waals surface area contributed by atoms with E-state index in [0.29, 0.717) is 17.4 Å². The predicted octanol–water partition coefficient (Wildman–Crippen LogP) is 3.54. The first kappa shape index (κ1) is 18.0. The van der Waals surface area contributed by atoms with E-state index in [1.807, 2.05) is 0 Å². The molecule has 142 valence electrons. The first-order valence-electron chi connectivity index (χ1n) is 9.10. The minimum atomic E-state index is -3.87. The van der Waals surface area contributed by atoms with Gasteiger partial charge in [0.25, 0.3) is 15.9 Å². The van der Waals surface area contributed by atoms with E-state index >= 15 is 0 Å². The summed E-state index contributed by atoms with van der Waals surface area (Å²) in [5.74, 6) is 0.571. The first-order chi connectivity index (χ1) is 12.9. The summed E-state index contributed by atoms with van der Waals surface area (Å²) in [6, 6.07) is 11.2. The molecular weight excluding hydrogens is 367 g/mol. The summed E-state index contributed by atoms with van der Waals surface area (Å²) in [5.41, 5.74) is 0.577. The Hall–Kier alpha value is -2.41. The maximum absolute atomic E-state index is 13.0. The lowest BCUT2D eigenvalue weighted by atomic mass is 9.95. The number of carbonyl (C=O) groups excluding carboxylic acids is 1. The van der Waals surface area contributed by atoms with Crippen molar-refractivity contribution in [3.63, 3.8) is 0 Å². The Morgan fingerprint density at radius 2 is 1.81 bits per heavy atom. The van der Waals surface area contributed by atoms with Crippen LogP contribution in [0.5, 0.6) is 0 Å². The van der Waals surface area contributed by atoms with E-state index in [9.17, 15) is 17.6 Å². The van der Waals surface area contributed by atoms with Crippen molar-refractivity contribution in [1.29, 1.82) is 0 Å². The van der Waals surface area contributed by atoms with Crippen LogP contribution in [0.4, 0.5) is 10.1 Å². The quantitative estimate of drug-likeness (QED) is 0.823. The van der Waals surface area contributed by atoms with Gasteiger partial charge in [-0.1, -0.05) is 12.5 Å². The fourth-order valence-corrected chi connectivity index (χ4v) is 5.31. The topological polar surface area (TPSA) is 75.3 Å². The van der Waals surface area contributed by atoms with Gasteiger partial charge in [-0.25, -0.2) is 12.8 Å². The zero-order valence-electron chi connectivity index (χ0n) is 14.7. The van der Waals surface area contributed by atoms with E-state index in [1.54, 1.807) is 12.1 Å². The number of hydrogen-bond donors (Lipinski definition) is 2. The van der Waals surface area contributed by atoms with Gasteiger partial charge in [0, 0.05) is 17.3 Å². The van der Waals surface area contributed by atoms with E-state index in [1.165, 1.54) is 49.2 Å². The zero-order chi connectivity index (χ0) is 19.0. The molecule has 2 aliphatic carbocycles. The fourth-order valence-electron chi connectivity index (χ4n) is 4.21. The molecule has 0 radical (unpaired) electrons. The standard InChI is InChI=1S/C20H21FN2O3S/c21-16-6-8-17(9-7-16)23-27(25,26)18-3-1-2-15(12-18)20(24)22-19-11-13-4-5-14(19)10-13/h1-3,6-9,12-14,19,23H,4-5,10-11H2,(H,22,24)/t13-,14-,19+/m1/s1. The van der Waals surface area contributed by atoms with Gasteiger partial charge >= 0.3 is 0 Å². The Morgan fingerprint density at radius 3 is 2.48 bits per heavy atom. The smallest absolute Gasteiger partial charge is 0.261 e. The number of benzene rings is 2. The van der Waals surface area contributed by atoms with Crippen molar-refractivity contribution >= 4 is 21.6 Å². The second-order valence-electron chi connectivity index (χ2n) is 7.40. The van der Waals surface area contributed by atoms with Crippen molar-refractivity contribution in [1.82, 2.24) is 5.32 Å². The summed E-state index contributed by atoms with van der Waals surface area (Å²) in [6.45, 7) is 0. The molecule has 7 heteroatoms. The van der Waals surface area contributed by atoms with Gasteiger partial charge in [-0.15, -0.1) is 0 Å².